The van der Waals surface area contributed by atoms with E-state index in [1.54, 1.807) is 0 Å². The molecule has 0 unspecified atom stereocenters. The van der Waals surface area contributed by atoms with Crippen molar-refractivity contribution in [2.45, 2.75) is 6.42 Å². The van der Waals surface area contributed by atoms with E-state index in [0.29, 0.717) is 0 Å². The van der Waals surface area contributed by atoms with Crippen molar-refractivity contribution in [2.75, 3.05) is 5.75 Å². The molecule has 0 spiro atoms. The highest BCUT2D eigenvalue weighted by Gasteiger charge is 1.98. The summed E-state index contributed by atoms with van der Waals surface area (Å²) in [4.78, 5) is 1.32. The highest BCUT2D eigenvalue weighted by Crippen LogP contribution is 2.35. The van der Waals surface area contributed by atoms with Crippen LogP contribution < -0.4 is 0 Å². The number of allylic oxidation sites excluding steroid dienone is 2. The van der Waals surface area contributed by atoms with Gasteiger partial charge in [-0.3, -0.25) is 0 Å². The smallest absolute Gasteiger partial charge is 0.0137 e. The van der Waals surface area contributed by atoms with Crippen LogP contribution in [0.5, 0.6) is 0 Å². The molecule has 0 N–H and O–H groups in total. The summed E-state index contributed by atoms with van der Waals surface area (Å²) in [5.74, 6) is 1.25. The zero-order chi connectivity index (χ0) is 5.82. The van der Waals surface area contributed by atoms with Gasteiger partial charge in [0.2, 0.25) is 0 Å². The molecule has 44 valence electrons. The average Bonchev–Trinajstić information content (AvgIpc) is 1.90. The van der Waals surface area contributed by atoms with Gasteiger partial charge in [-0.25, -0.2) is 0 Å². The van der Waals surface area contributed by atoms with Gasteiger partial charge in [-0.2, -0.15) is 0 Å². The maximum Gasteiger partial charge on any atom is 0.0137 e. The highest BCUT2D eigenvalue weighted by molar-refractivity contribution is 8.78. The molecule has 0 atom stereocenters. The lowest BCUT2D eigenvalue weighted by Crippen LogP contribution is -1.79. The van der Waals surface area contributed by atoms with Gasteiger partial charge in [-0.05, 0) is 6.42 Å². The SMILES string of the molecule is C=CC1=CCCSS1. The molecule has 1 heterocycles. The van der Waals surface area contributed by atoms with E-state index in [4.69, 9.17) is 0 Å². The van der Waals surface area contributed by atoms with Crippen LogP contribution in [-0.4, -0.2) is 5.75 Å². The molecular formula is C6H8S2. The van der Waals surface area contributed by atoms with Crippen LogP contribution in [0.2, 0.25) is 0 Å². The van der Waals surface area contributed by atoms with Crippen molar-refractivity contribution in [3.8, 4) is 0 Å². The van der Waals surface area contributed by atoms with E-state index < -0.39 is 0 Å². The molecule has 0 saturated carbocycles. The van der Waals surface area contributed by atoms with Gasteiger partial charge in [0.25, 0.3) is 0 Å². The largest absolute Gasteiger partial charge is 0.0979 e. The quantitative estimate of drug-likeness (QED) is 0.519. The van der Waals surface area contributed by atoms with Crippen LogP contribution in [0.1, 0.15) is 6.42 Å². The van der Waals surface area contributed by atoms with E-state index >= 15 is 0 Å². The summed E-state index contributed by atoms with van der Waals surface area (Å²) in [6.45, 7) is 3.68. The number of hydrogen-bond donors (Lipinski definition) is 0. The Balaban J connectivity index is 2.49. The lowest BCUT2D eigenvalue weighted by molar-refractivity contribution is 1.24. The van der Waals surface area contributed by atoms with Crippen molar-refractivity contribution in [3.63, 3.8) is 0 Å². The van der Waals surface area contributed by atoms with Crippen LogP contribution in [0.3, 0.4) is 0 Å². The number of hydrogen-bond acceptors (Lipinski definition) is 2. The van der Waals surface area contributed by atoms with Crippen LogP contribution in [0.4, 0.5) is 0 Å². The maximum absolute atomic E-state index is 3.68. The molecule has 1 aliphatic rings. The highest BCUT2D eigenvalue weighted by atomic mass is 33.1. The average molecular weight is 144 g/mol. The summed E-state index contributed by atoms with van der Waals surface area (Å²) >= 11 is 0. The molecule has 8 heavy (non-hydrogen) atoms. The first kappa shape index (κ1) is 6.30. The van der Waals surface area contributed by atoms with E-state index in [-0.39, 0.29) is 0 Å². The third-order valence-corrected chi connectivity index (χ3v) is 3.38. The monoisotopic (exact) mass is 144 g/mol. The number of rotatable bonds is 1. The second-order valence-corrected chi connectivity index (χ2v) is 3.99. The zero-order valence-electron chi connectivity index (χ0n) is 4.59. The molecule has 0 nitrogen and oxygen atoms in total. The summed E-state index contributed by atoms with van der Waals surface area (Å²) in [5, 5.41) is 0. The minimum Gasteiger partial charge on any atom is -0.0979 e. The second kappa shape index (κ2) is 3.25. The van der Waals surface area contributed by atoms with Crippen LogP contribution in [0.25, 0.3) is 0 Å². The third-order valence-electron chi connectivity index (χ3n) is 0.903. The minimum atomic E-state index is 1.21. The summed E-state index contributed by atoms with van der Waals surface area (Å²) in [6.07, 6.45) is 5.35. The van der Waals surface area contributed by atoms with Crippen LogP contribution >= 0.6 is 21.6 Å². The summed E-state index contributed by atoms with van der Waals surface area (Å²) in [6, 6.07) is 0. The predicted octanol–water partition coefficient (Wildman–Crippen LogP) is 2.84. The van der Waals surface area contributed by atoms with Crippen molar-refractivity contribution in [2.24, 2.45) is 0 Å². The Hall–Kier alpha value is 0.180. The Kier molecular flexibility index (Phi) is 2.56. The molecule has 0 amide bonds. The van der Waals surface area contributed by atoms with Gasteiger partial charge < -0.3 is 0 Å². The molecule has 0 saturated heterocycles. The van der Waals surface area contributed by atoms with Crippen LogP contribution in [-0.2, 0) is 0 Å². The first-order valence-electron chi connectivity index (χ1n) is 2.55. The topological polar surface area (TPSA) is 0 Å². The van der Waals surface area contributed by atoms with E-state index in [0.717, 1.165) is 0 Å². The molecule has 0 aliphatic carbocycles. The summed E-state index contributed by atoms with van der Waals surface area (Å²) < 4.78 is 0. The Labute approximate surface area is 57.8 Å². The van der Waals surface area contributed by atoms with Crippen LogP contribution in [0, 0.1) is 0 Å². The standard InChI is InChI=1S/C6H8S2/c1-2-6-4-3-5-7-8-6/h2,4H,1,3,5H2. The van der Waals surface area contributed by atoms with Crippen molar-refractivity contribution in [1.82, 2.24) is 0 Å². The van der Waals surface area contributed by atoms with Crippen molar-refractivity contribution in [3.05, 3.63) is 23.6 Å². The normalized spacial score (nSPS) is 19.8. The van der Waals surface area contributed by atoms with E-state index in [2.05, 4.69) is 12.7 Å². The summed E-state index contributed by atoms with van der Waals surface area (Å²) in [7, 11) is 3.73. The van der Waals surface area contributed by atoms with Crippen molar-refractivity contribution < 1.29 is 0 Å². The zero-order valence-corrected chi connectivity index (χ0v) is 6.23. The lowest BCUT2D eigenvalue weighted by Gasteiger charge is -2.05. The molecule has 2 heteroatoms. The van der Waals surface area contributed by atoms with Crippen LogP contribution in [0.15, 0.2) is 23.6 Å². The maximum atomic E-state index is 3.68. The van der Waals surface area contributed by atoms with E-state index in [1.165, 1.54) is 17.1 Å². The van der Waals surface area contributed by atoms with Gasteiger partial charge in [0.15, 0.2) is 0 Å². The van der Waals surface area contributed by atoms with E-state index in [9.17, 15) is 0 Å². The second-order valence-electron chi connectivity index (χ2n) is 1.50. The fourth-order valence-electron chi connectivity index (χ4n) is 0.510. The molecule has 0 radical (unpaired) electrons. The van der Waals surface area contributed by atoms with Crippen molar-refractivity contribution >= 4 is 21.6 Å². The van der Waals surface area contributed by atoms with Gasteiger partial charge in [0.05, 0.1) is 0 Å². The Morgan fingerprint density at radius 1 is 1.75 bits per heavy atom. The minimum absolute atomic E-state index is 1.21. The molecule has 0 aromatic carbocycles. The van der Waals surface area contributed by atoms with E-state index in [1.807, 2.05) is 27.7 Å². The molecule has 0 bridgehead atoms. The Bertz CT molecular complexity index is 116. The first-order chi connectivity index (χ1) is 3.93. The Morgan fingerprint density at radius 2 is 2.62 bits per heavy atom. The lowest BCUT2D eigenvalue weighted by atomic mass is 10.4. The third kappa shape index (κ3) is 1.60. The van der Waals surface area contributed by atoms with Gasteiger partial charge in [-0.15, -0.1) is 0 Å². The fourth-order valence-corrected chi connectivity index (χ4v) is 2.55. The summed E-state index contributed by atoms with van der Waals surface area (Å²) in [5.41, 5.74) is 0. The molecule has 0 aromatic rings. The fraction of sp³-hybridized carbons (Fsp3) is 0.333. The van der Waals surface area contributed by atoms with Gasteiger partial charge in [0, 0.05) is 10.7 Å². The molecular weight excluding hydrogens is 136 g/mol. The van der Waals surface area contributed by atoms with Crippen molar-refractivity contribution in [1.29, 1.82) is 0 Å². The van der Waals surface area contributed by atoms with Gasteiger partial charge >= 0.3 is 0 Å². The molecule has 0 aromatic heterocycles. The van der Waals surface area contributed by atoms with Gasteiger partial charge in [-0.1, -0.05) is 40.3 Å². The predicted molar refractivity (Wildman–Crippen MR) is 42.9 cm³/mol. The first-order valence-corrected chi connectivity index (χ1v) is 4.87. The Morgan fingerprint density at radius 3 is 3.00 bits per heavy atom. The van der Waals surface area contributed by atoms with Gasteiger partial charge in [0.1, 0.15) is 0 Å². The molecule has 1 rings (SSSR count). The molecule has 1 aliphatic heterocycles. The molecule has 0 fully saturated rings.